The number of nitrogens with one attached hydrogen (secondary N) is 2. The van der Waals surface area contributed by atoms with Crippen LogP contribution in [0.2, 0.25) is 5.02 Å². The summed E-state index contributed by atoms with van der Waals surface area (Å²) in [5, 5.41) is 7.94. The van der Waals surface area contributed by atoms with Crippen molar-refractivity contribution >= 4 is 40.5 Å². The van der Waals surface area contributed by atoms with Crippen LogP contribution in [0.25, 0.3) is 5.69 Å². The normalized spacial score (nSPS) is 16.7. The second-order valence-electron chi connectivity index (χ2n) is 10.2. The highest BCUT2D eigenvalue weighted by molar-refractivity contribution is 7.80. The van der Waals surface area contributed by atoms with Gasteiger partial charge in [0.15, 0.2) is 5.11 Å². The van der Waals surface area contributed by atoms with Crippen LogP contribution in [0, 0.1) is 20.8 Å². The topological polar surface area (TPSA) is 62.2 Å². The molecular weight excluding hydrogens is 538 g/mol. The maximum absolute atomic E-state index is 13.1. The van der Waals surface area contributed by atoms with Crippen LogP contribution < -0.4 is 10.6 Å². The molecule has 8 heteroatoms. The second kappa shape index (κ2) is 11.8. The van der Waals surface area contributed by atoms with Gasteiger partial charge in [-0.25, -0.2) is 0 Å². The Bertz CT molecular complexity index is 1550. The maximum atomic E-state index is 13.1. The zero-order chi connectivity index (χ0) is 28.4. The molecule has 40 heavy (non-hydrogen) atoms. The molecule has 1 amide bonds. The van der Waals surface area contributed by atoms with Crippen molar-refractivity contribution in [2.24, 2.45) is 0 Å². The second-order valence-corrected chi connectivity index (χ2v) is 11.0. The molecule has 6 nitrogen and oxygen atoms in total. The van der Waals surface area contributed by atoms with Crippen molar-refractivity contribution in [2.75, 3.05) is 11.9 Å². The number of hydrogen-bond donors (Lipinski definition) is 2. The Morgan fingerprint density at radius 3 is 2.55 bits per heavy atom. The average Bonchev–Trinajstić information content (AvgIpc) is 3.39. The highest BCUT2D eigenvalue weighted by atomic mass is 35.5. The van der Waals surface area contributed by atoms with Gasteiger partial charge in [-0.1, -0.05) is 48.9 Å². The van der Waals surface area contributed by atoms with Crippen LogP contribution in [0.15, 0.2) is 72.9 Å². The van der Waals surface area contributed by atoms with E-state index >= 15 is 0 Å². The molecule has 0 aliphatic carbocycles. The molecule has 2 atom stereocenters. The van der Waals surface area contributed by atoms with Gasteiger partial charge in [0.2, 0.25) is 5.91 Å². The number of carbonyl (C=O) groups is 1. The predicted molar refractivity (Wildman–Crippen MR) is 166 cm³/mol. The van der Waals surface area contributed by atoms with E-state index in [0.29, 0.717) is 23.1 Å². The first-order valence-corrected chi connectivity index (χ1v) is 14.4. The quantitative estimate of drug-likeness (QED) is 0.223. The fraction of sp³-hybridized carbons (Fsp3) is 0.281. The Morgan fingerprint density at radius 2 is 1.82 bits per heavy atom. The van der Waals surface area contributed by atoms with Gasteiger partial charge >= 0.3 is 0 Å². The van der Waals surface area contributed by atoms with Crippen LogP contribution >= 0.6 is 23.8 Å². The molecule has 2 N–H and O–H groups in total. The number of aromatic nitrogens is 2. The number of halogens is 1. The van der Waals surface area contributed by atoms with Crippen LogP contribution in [0.1, 0.15) is 59.2 Å². The number of hydrogen-bond acceptors (Lipinski definition) is 3. The number of nitrogens with zero attached hydrogens (tertiary/aromatic N) is 3. The Kier molecular flexibility index (Phi) is 8.24. The van der Waals surface area contributed by atoms with E-state index in [0.717, 1.165) is 40.4 Å². The van der Waals surface area contributed by atoms with Crippen molar-refractivity contribution in [3.63, 3.8) is 0 Å². The molecule has 2 aromatic carbocycles. The fourth-order valence-electron chi connectivity index (χ4n) is 5.79. The Morgan fingerprint density at radius 1 is 1.05 bits per heavy atom. The molecule has 0 saturated carbocycles. The smallest absolute Gasteiger partial charge is 0.226 e. The zero-order valence-corrected chi connectivity index (χ0v) is 24.8. The zero-order valence-electron chi connectivity index (χ0n) is 23.2. The molecule has 4 aromatic rings. The number of anilines is 1. The average molecular weight is 572 g/mol. The maximum Gasteiger partial charge on any atom is 0.226 e. The van der Waals surface area contributed by atoms with Gasteiger partial charge in [0, 0.05) is 52.5 Å². The molecule has 1 fully saturated rings. The molecule has 0 radical (unpaired) electrons. The van der Waals surface area contributed by atoms with E-state index < -0.39 is 0 Å². The van der Waals surface area contributed by atoms with Gasteiger partial charge < -0.3 is 20.1 Å². The third kappa shape index (κ3) is 5.36. The number of benzene rings is 2. The van der Waals surface area contributed by atoms with E-state index in [9.17, 15) is 4.79 Å². The van der Waals surface area contributed by atoms with Gasteiger partial charge in [-0.2, -0.15) is 0 Å². The lowest BCUT2D eigenvalue weighted by atomic mass is 9.93. The largest absolute Gasteiger partial charge is 0.352 e. The van der Waals surface area contributed by atoms with Crippen LogP contribution in [0.4, 0.5) is 5.69 Å². The number of amides is 1. The lowest BCUT2D eigenvalue weighted by Gasteiger charge is -2.29. The summed E-state index contributed by atoms with van der Waals surface area (Å²) in [6.45, 7) is 8.98. The van der Waals surface area contributed by atoms with Crippen LogP contribution in [0.5, 0.6) is 0 Å². The van der Waals surface area contributed by atoms with Crippen molar-refractivity contribution in [2.45, 2.75) is 52.6 Å². The lowest BCUT2D eigenvalue weighted by Crippen LogP contribution is -2.33. The van der Waals surface area contributed by atoms with Gasteiger partial charge in [-0.15, -0.1) is 0 Å². The fourth-order valence-corrected chi connectivity index (χ4v) is 6.31. The van der Waals surface area contributed by atoms with Crippen molar-refractivity contribution in [3.05, 3.63) is 112 Å². The summed E-state index contributed by atoms with van der Waals surface area (Å²) in [4.78, 5) is 19.9. The van der Waals surface area contributed by atoms with Crippen molar-refractivity contribution < 1.29 is 4.79 Å². The van der Waals surface area contributed by atoms with Crippen molar-refractivity contribution in [3.8, 4) is 5.69 Å². The van der Waals surface area contributed by atoms with Gasteiger partial charge in [0.1, 0.15) is 0 Å². The van der Waals surface area contributed by atoms with Crippen molar-refractivity contribution in [1.29, 1.82) is 0 Å². The molecule has 0 unspecified atom stereocenters. The molecule has 5 rings (SSSR count). The summed E-state index contributed by atoms with van der Waals surface area (Å²) in [6.07, 6.45) is 2.96. The van der Waals surface area contributed by atoms with E-state index in [1.165, 1.54) is 11.1 Å². The molecule has 0 bridgehead atoms. The van der Waals surface area contributed by atoms with E-state index in [1.54, 1.807) is 6.20 Å². The molecule has 1 aliphatic rings. The predicted octanol–water partition coefficient (Wildman–Crippen LogP) is 7.01. The first-order chi connectivity index (χ1) is 19.3. The number of carbonyl (C=O) groups excluding carboxylic acids is 1. The summed E-state index contributed by atoms with van der Waals surface area (Å²) in [5.41, 5.74) is 8.51. The monoisotopic (exact) mass is 571 g/mol. The standard InChI is InChI=1S/C32H34ClN5OS/c1-5-23-11-6-7-14-26(23)35-28(39)16-18-37-31(30(36-32(37)40)27-15-8-9-17-34-27)29-20(2)21(3)38(22(29)4)25-13-10-12-24(33)19-25/h6-15,17,19,30-31H,5,16,18H2,1-4H3,(H,35,39)(H,36,40)/t30-,31+/m0/s1. The van der Waals surface area contributed by atoms with Gasteiger partial charge in [0.25, 0.3) is 0 Å². The van der Waals surface area contributed by atoms with Gasteiger partial charge in [0.05, 0.1) is 17.8 Å². The number of para-hydroxylation sites is 1. The van der Waals surface area contributed by atoms with E-state index in [-0.39, 0.29) is 18.0 Å². The van der Waals surface area contributed by atoms with Crippen LogP contribution in [-0.2, 0) is 11.2 Å². The number of aryl methyl sites for hydroxylation is 1. The molecule has 2 aromatic heterocycles. The SMILES string of the molecule is CCc1ccccc1NC(=O)CCN1C(=S)N[C@@H](c2ccccn2)[C@H]1c1c(C)c(C)n(-c2cccc(Cl)c2)c1C. The van der Waals surface area contributed by atoms with Crippen LogP contribution in [-0.4, -0.2) is 32.0 Å². The third-order valence-electron chi connectivity index (χ3n) is 7.82. The highest BCUT2D eigenvalue weighted by Crippen LogP contribution is 2.43. The summed E-state index contributed by atoms with van der Waals surface area (Å²) >= 11 is 12.3. The van der Waals surface area contributed by atoms with Gasteiger partial charge in [-0.05, 0) is 86.9 Å². The first-order valence-electron chi connectivity index (χ1n) is 13.6. The molecule has 1 aliphatic heterocycles. The summed E-state index contributed by atoms with van der Waals surface area (Å²) in [5.74, 6) is -0.0372. The lowest BCUT2D eigenvalue weighted by molar-refractivity contribution is -0.116. The Labute approximate surface area is 246 Å². The summed E-state index contributed by atoms with van der Waals surface area (Å²) in [6, 6.07) is 21.5. The molecule has 3 heterocycles. The van der Waals surface area contributed by atoms with Crippen molar-refractivity contribution in [1.82, 2.24) is 19.8 Å². The number of thiocarbonyl (C=S) groups is 1. The molecule has 1 saturated heterocycles. The third-order valence-corrected chi connectivity index (χ3v) is 8.41. The highest BCUT2D eigenvalue weighted by Gasteiger charge is 2.42. The van der Waals surface area contributed by atoms with Crippen LogP contribution in [0.3, 0.4) is 0 Å². The number of pyridine rings is 1. The summed E-state index contributed by atoms with van der Waals surface area (Å²) in [7, 11) is 0. The minimum absolute atomic E-state index is 0.0372. The van der Waals surface area contributed by atoms with Gasteiger partial charge in [-0.3, -0.25) is 9.78 Å². The van der Waals surface area contributed by atoms with E-state index in [1.807, 2.05) is 60.7 Å². The van der Waals surface area contributed by atoms with E-state index in [2.05, 4.69) is 58.8 Å². The molecule has 0 spiro atoms. The minimum atomic E-state index is -0.162. The Hall–Kier alpha value is -3.68. The molecule has 206 valence electrons. The molecular formula is C32H34ClN5OS. The summed E-state index contributed by atoms with van der Waals surface area (Å²) < 4.78 is 2.25. The first kappa shape index (κ1) is 27.9. The number of rotatable bonds is 8. The Balaban J connectivity index is 1.50. The minimum Gasteiger partial charge on any atom is -0.352 e. The van der Waals surface area contributed by atoms with E-state index in [4.69, 9.17) is 23.8 Å².